The maximum absolute atomic E-state index is 12.5. The molecule has 0 saturated carbocycles. The number of hydrogen-bond donors (Lipinski definition) is 1. The molecule has 1 aliphatic rings. The van der Waals surface area contributed by atoms with Crippen LogP contribution in [0.1, 0.15) is 18.5 Å². The van der Waals surface area contributed by atoms with Crippen LogP contribution in [0.3, 0.4) is 0 Å². The van der Waals surface area contributed by atoms with Crippen molar-refractivity contribution in [3.05, 3.63) is 29.8 Å². The molecule has 6 nitrogen and oxygen atoms in total. The van der Waals surface area contributed by atoms with Gasteiger partial charge < -0.3 is 9.64 Å². The average molecular weight is 349 g/mol. The molecule has 0 aromatic heterocycles. The van der Waals surface area contributed by atoms with E-state index in [1.807, 2.05) is 11.9 Å². The topological polar surface area (TPSA) is 61.9 Å². The minimum Gasteiger partial charge on any atom is -0.434 e. The first kappa shape index (κ1) is 18.1. The van der Waals surface area contributed by atoms with Crippen LogP contribution in [0.4, 0.5) is 8.78 Å². The normalized spacial score (nSPS) is 19.0. The molecule has 0 spiro atoms. The van der Waals surface area contributed by atoms with Gasteiger partial charge in [0, 0.05) is 37.8 Å². The number of halogens is 2. The summed E-state index contributed by atoms with van der Waals surface area (Å²) in [7, 11) is -1.76. The van der Waals surface area contributed by atoms with E-state index in [2.05, 4.69) is 9.46 Å². The first-order chi connectivity index (χ1) is 10.8. The van der Waals surface area contributed by atoms with Gasteiger partial charge in [0.2, 0.25) is 0 Å². The summed E-state index contributed by atoms with van der Waals surface area (Å²) < 4.78 is 58.1. The predicted molar refractivity (Wildman–Crippen MR) is 82.6 cm³/mol. The molecule has 1 N–H and O–H groups in total. The molecule has 130 valence electrons. The molecule has 1 atom stereocenters. The molecule has 0 bridgehead atoms. The zero-order valence-corrected chi connectivity index (χ0v) is 13.9. The van der Waals surface area contributed by atoms with Crippen LogP contribution in [0.2, 0.25) is 0 Å². The van der Waals surface area contributed by atoms with Crippen molar-refractivity contribution < 1.29 is 21.9 Å². The zero-order valence-electron chi connectivity index (χ0n) is 13.1. The van der Waals surface area contributed by atoms with Gasteiger partial charge in [-0.25, -0.2) is 0 Å². The number of nitrogens with zero attached hydrogens (tertiary/aromatic N) is 2. The Bertz CT molecular complexity index is 619. The summed E-state index contributed by atoms with van der Waals surface area (Å²) in [6.45, 7) is 0.737. The van der Waals surface area contributed by atoms with E-state index in [4.69, 9.17) is 0 Å². The lowest BCUT2D eigenvalue weighted by molar-refractivity contribution is -0.0506. The summed E-state index contributed by atoms with van der Waals surface area (Å²) in [4.78, 5) is 2.04. The van der Waals surface area contributed by atoms with Crippen LogP contribution in [0.15, 0.2) is 24.3 Å². The second-order valence-corrected chi connectivity index (χ2v) is 7.17. The molecular formula is C14H21F2N3O3S. The van der Waals surface area contributed by atoms with Crippen LogP contribution < -0.4 is 9.46 Å². The first-order valence-electron chi connectivity index (χ1n) is 7.29. The third-order valence-corrected chi connectivity index (χ3v) is 5.43. The number of ether oxygens (including phenoxy) is 1. The van der Waals surface area contributed by atoms with E-state index in [0.717, 1.165) is 0 Å². The number of nitrogens with one attached hydrogen (secondary N) is 1. The fourth-order valence-electron chi connectivity index (χ4n) is 2.43. The third kappa shape index (κ3) is 4.84. The zero-order chi connectivity index (χ0) is 17.0. The van der Waals surface area contributed by atoms with Crippen LogP contribution in [0.5, 0.6) is 5.75 Å². The molecule has 0 radical (unpaired) electrons. The monoisotopic (exact) mass is 349 g/mol. The van der Waals surface area contributed by atoms with E-state index < -0.39 is 22.9 Å². The lowest BCUT2D eigenvalue weighted by Crippen LogP contribution is -2.51. The summed E-state index contributed by atoms with van der Waals surface area (Å²) in [6.07, 6.45) is 0. The molecule has 9 heteroatoms. The molecule has 1 aromatic carbocycles. The Morgan fingerprint density at radius 1 is 1.17 bits per heavy atom. The minimum atomic E-state index is -3.69. The van der Waals surface area contributed by atoms with Crippen molar-refractivity contribution in [3.8, 4) is 5.75 Å². The van der Waals surface area contributed by atoms with Crippen molar-refractivity contribution in [1.29, 1.82) is 0 Å². The number of para-hydroxylation sites is 1. The van der Waals surface area contributed by atoms with Crippen LogP contribution in [-0.2, 0) is 10.2 Å². The predicted octanol–water partition coefficient (Wildman–Crippen LogP) is 1.43. The Kier molecular flexibility index (Phi) is 5.90. The highest BCUT2D eigenvalue weighted by Gasteiger charge is 2.28. The van der Waals surface area contributed by atoms with Crippen LogP contribution in [-0.4, -0.2) is 57.5 Å². The molecule has 1 unspecified atom stereocenters. The van der Waals surface area contributed by atoms with Gasteiger partial charge in [0.05, 0.1) is 0 Å². The van der Waals surface area contributed by atoms with Gasteiger partial charge in [-0.1, -0.05) is 18.2 Å². The number of piperazine rings is 1. The highest BCUT2D eigenvalue weighted by atomic mass is 32.2. The Hall–Kier alpha value is -1.29. The summed E-state index contributed by atoms with van der Waals surface area (Å²) in [5, 5.41) is 0. The Morgan fingerprint density at radius 2 is 1.78 bits per heavy atom. The Balaban J connectivity index is 2.10. The number of hydrogen-bond acceptors (Lipinski definition) is 4. The smallest absolute Gasteiger partial charge is 0.387 e. The number of likely N-dealkylation sites (N-methyl/N-ethyl adjacent to an activating group) is 1. The minimum absolute atomic E-state index is 0.0314. The number of alkyl halides is 2. The molecule has 2 rings (SSSR count). The van der Waals surface area contributed by atoms with Gasteiger partial charge in [0.15, 0.2) is 0 Å². The molecule has 0 aliphatic carbocycles. The van der Waals surface area contributed by atoms with E-state index >= 15 is 0 Å². The molecular weight excluding hydrogens is 328 g/mol. The SMILES string of the molecule is CC(NS(=O)(=O)N1CCN(C)CC1)c1ccccc1OC(F)F. The molecule has 1 heterocycles. The van der Waals surface area contributed by atoms with Gasteiger partial charge in [-0.3, -0.25) is 0 Å². The van der Waals surface area contributed by atoms with E-state index in [1.165, 1.54) is 10.4 Å². The van der Waals surface area contributed by atoms with Gasteiger partial charge in [0.1, 0.15) is 5.75 Å². The largest absolute Gasteiger partial charge is 0.434 e. The van der Waals surface area contributed by atoms with Crippen LogP contribution in [0, 0.1) is 0 Å². The van der Waals surface area contributed by atoms with E-state index in [1.54, 1.807) is 25.1 Å². The highest BCUT2D eigenvalue weighted by molar-refractivity contribution is 7.87. The highest BCUT2D eigenvalue weighted by Crippen LogP contribution is 2.27. The Labute approximate surface area is 135 Å². The lowest BCUT2D eigenvalue weighted by atomic mass is 10.1. The van der Waals surface area contributed by atoms with Crippen LogP contribution in [0.25, 0.3) is 0 Å². The molecule has 1 saturated heterocycles. The van der Waals surface area contributed by atoms with Gasteiger partial charge in [0.25, 0.3) is 10.2 Å². The van der Waals surface area contributed by atoms with Crippen LogP contribution >= 0.6 is 0 Å². The van der Waals surface area contributed by atoms with Gasteiger partial charge >= 0.3 is 6.61 Å². The fraction of sp³-hybridized carbons (Fsp3) is 0.571. The maximum atomic E-state index is 12.5. The fourth-order valence-corrected chi connectivity index (χ4v) is 3.80. The van der Waals surface area contributed by atoms with Crippen molar-refractivity contribution in [2.75, 3.05) is 33.2 Å². The molecule has 1 aliphatic heterocycles. The second-order valence-electron chi connectivity index (χ2n) is 5.46. The standard InChI is InChI=1S/C14H21F2N3O3S/c1-11(12-5-3-4-6-13(12)22-14(15)16)17-23(20,21)19-9-7-18(2)8-10-19/h3-6,11,14,17H,7-10H2,1-2H3. The second kappa shape index (κ2) is 7.52. The van der Waals surface area contributed by atoms with Gasteiger partial charge in [-0.05, 0) is 20.0 Å². The lowest BCUT2D eigenvalue weighted by Gasteiger charge is -2.32. The molecule has 1 aromatic rings. The Morgan fingerprint density at radius 3 is 2.39 bits per heavy atom. The van der Waals surface area contributed by atoms with Crippen molar-refractivity contribution in [3.63, 3.8) is 0 Å². The summed E-state index contributed by atoms with van der Waals surface area (Å²) in [6, 6.07) is 5.48. The third-order valence-electron chi connectivity index (χ3n) is 3.73. The molecule has 23 heavy (non-hydrogen) atoms. The van der Waals surface area contributed by atoms with Gasteiger partial charge in [-0.15, -0.1) is 0 Å². The molecule has 0 amide bonds. The van der Waals surface area contributed by atoms with Crippen molar-refractivity contribution in [2.45, 2.75) is 19.6 Å². The maximum Gasteiger partial charge on any atom is 0.387 e. The molecule has 1 fully saturated rings. The first-order valence-corrected chi connectivity index (χ1v) is 8.73. The van der Waals surface area contributed by atoms with Crippen molar-refractivity contribution in [2.24, 2.45) is 0 Å². The number of rotatable bonds is 6. The van der Waals surface area contributed by atoms with E-state index in [9.17, 15) is 17.2 Å². The average Bonchev–Trinajstić information content (AvgIpc) is 2.47. The van der Waals surface area contributed by atoms with Gasteiger partial charge in [-0.2, -0.15) is 26.2 Å². The quantitative estimate of drug-likeness (QED) is 0.844. The summed E-state index contributed by atoms with van der Waals surface area (Å²) in [5.41, 5.74) is 0.366. The van der Waals surface area contributed by atoms with E-state index in [-0.39, 0.29) is 5.75 Å². The summed E-state index contributed by atoms with van der Waals surface area (Å²) >= 11 is 0. The van der Waals surface area contributed by atoms with Crippen molar-refractivity contribution >= 4 is 10.2 Å². The summed E-state index contributed by atoms with van der Waals surface area (Å²) in [5.74, 6) is -0.0314. The van der Waals surface area contributed by atoms with E-state index in [0.29, 0.717) is 31.7 Å². The van der Waals surface area contributed by atoms with Crippen molar-refractivity contribution in [1.82, 2.24) is 13.9 Å². The number of benzene rings is 1.